The second-order valence-corrected chi connectivity index (χ2v) is 5.42. The number of anilines is 1. The molecule has 0 radical (unpaired) electrons. The number of pyridine rings is 1. The zero-order valence-corrected chi connectivity index (χ0v) is 12.9. The molecule has 110 valence electrons. The Kier molecular flexibility index (Phi) is 4.98. The Morgan fingerprint density at radius 1 is 1.20 bits per heavy atom. The van der Waals surface area contributed by atoms with E-state index in [1.54, 1.807) is 0 Å². The fourth-order valence-corrected chi connectivity index (χ4v) is 2.40. The lowest BCUT2D eigenvalue weighted by Crippen LogP contribution is -2.25. The van der Waals surface area contributed by atoms with E-state index in [2.05, 4.69) is 52.9 Å². The van der Waals surface area contributed by atoms with Gasteiger partial charge in [0.2, 0.25) is 0 Å². The van der Waals surface area contributed by atoms with E-state index in [-0.39, 0.29) is 0 Å². The Bertz CT molecular complexity index is 546. The molecule has 5 heteroatoms. The van der Waals surface area contributed by atoms with Crippen molar-refractivity contribution in [2.24, 2.45) is 0 Å². The van der Waals surface area contributed by atoms with E-state index in [9.17, 15) is 0 Å². The Hall–Kier alpha value is -1.59. The molecule has 0 saturated heterocycles. The SMILES string of the molecule is CNCc1c(N(C)CCCN(C)C)nc2ccccn12. The smallest absolute Gasteiger partial charge is 0.152 e. The summed E-state index contributed by atoms with van der Waals surface area (Å²) >= 11 is 0. The highest BCUT2D eigenvalue weighted by Crippen LogP contribution is 2.20. The standard InChI is InChI=1S/C15H25N5/c1-16-12-13-15(19(4)10-7-9-18(2)3)17-14-8-5-6-11-20(13)14/h5-6,8,11,16H,7,9-10,12H2,1-4H3. The van der Waals surface area contributed by atoms with Gasteiger partial charge in [0.1, 0.15) is 5.65 Å². The van der Waals surface area contributed by atoms with Gasteiger partial charge in [0.05, 0.1) is 5.69 Å². The number of rotatable bonds is 7. The number of hydrogen-bond donors (Lipinski definition) is 1. The Balaban J connectivity index is 2.21. The summed E-state index contributed by atoms with van der Waals surface area (Å²) in [4.78, 5) is 9.23. The van der Waals surface area contributed by atoms with Crippen LogP contribution in [-0.2, 0) is 6.54 Å². The minimum Gasteiger partial charge on any atom is -0.358 e. The molecule has 0 atom stereocenters. The summed E-state index contributed by atoms with van der Waals surface area (Å²) in [5.41, 5.74) is 2.22. The molecule has 0 aliphatic heterocycles. The molecular formula is C15H25N5. The summed E-state index contributed by atoms with van der Waals surface area (Å²) in [6.07, 6.45) is 3.21. The molecule has 2 rings (SSSR count). The maximum Gasteiger partial charge on any atom is 0.152 e. The van der Waals surface area contributed by atoms with Crippen LogP contribution in [0.3, 0.4) is 0 Å². The minimum atomic E-state index is 0.818. The molecule has 0 aromatic carbocycles. The number of hydrogen-bond acceptors (Lipinski definition) is 4. The molecular weight excluding hydrogens is 250 g/mol. The molecule has 2 aromatic heterocycles. The average molecular weight is 275 g/mol. The number of nitrogens with one attached hydrogen (secondary N) is 1. The number of imidazole rings is 1. The predicted molar refractivity (Wildman–Crippen MR) is 84.4 cm³/mol. The first-order valence-corrected chi connectivity index (χ1v) is 7.10. The monoisotopic (exact) mass is 275 g/mol. The van der Waals surface area contributed by atoms with Crippen molar-refractivity contribution in [1.29, 1.82) is 0 Å². The molecule has 0 unspecified atom stereocenters. The lowest BCUT2D eigenvalue weighted by Gasteiger charge is -2.19. The lowest BCUT2D eigenvalue weighted by atomic mass is 10.3. The van der Waals surface area contributed by atoms with Gasteiger partial charge in [0.25, 0.3) is 0 Å². The van der Waals surface area contributed by atoms with Crippen molar-refractivity contribution in [3.8, 4) is 0 Å². The van der Waals surface area contributed by atoms with E-state index in [4.69, 9.17) is 4.98 Å². The summed E-state index contributed by atoms with van der Waals surface area (Å²) < 4.78 is 2.16. The normalized spacial score (nSPS) is 11.4. The maximum atomic E-state index is 4.76. The summed E-state index contributed by atoms with van der Waals surface area (Å²) in [6.45, 7) is 2.93. The third kappa shape index (κ3) is 3.29. The van der Waals surface area contributed by atoms with Gasteiger partial charge in [-0.15, -0.1) is 0 Å². The quantitative estimate of drug-likeness (QED) is 0.829. The third-order valence-electron chi connectivity index (χ3n) is 3.41. The molecule has 0 spiro atoms. The van der Waals surface area contributed by atoms with Crippen LogP contribution in [0.2, 0.25) is 0 Å². The second kappa shape index (κ2) is 6.72. The van der Waals surface area contributed by atoms with E-state index in [1.165, 1.54) is 5.69 Å². The Morgan fingerprint density at radius 2 is 2.00 bits per heavy atom. The van der Waals surface area contributed by atoms with Gasteiger partial charge < -0.3 is 19.5 Å². The van der Waals surface area contributed by atoms with Gasteiger partial charge in [-0.2, -0.15) is 0 Å². The average Bonchev–Trinajstić information content (AvgIpc) is 2.78. The van der Waals surface area contributed by atoms with Crippen molar-refractivity contribution in [3.05, 3.63) is 30.1 Å². The number of fused-ring (bicyclic) bond motifs is 1. The van der Waals surface area contributed by atoms with Crippen LogP contribution in [0.4, 0.5) is 5.82 Å². The van der Waals surface area contributed by atoms with Crippen LogP contribution in [0.5, 0.6) is 0 Å². The first kappa shape index (κ1) is 14.8. The summed E-state index contributed by atoms with van der Waals surface area (Å²) in [7, 11) is 8.31. The van der Waals surface area contributed by atoms with Gasteiger partial charge in [-0.25, -0.2) is 4.98 Å². The minimum absolute atomic E-state index is 0.818. The maximum absolute atomic E-state index is 4.76. The van der Waals surface area contributed by atoms with Crippen LogP contribution >= 0.6 is 0 Å². The molecule has 0 aliphatic carbocycles. The zero-order valence-electron chi connectivity index (χ0n) is 12.9. The second-order valence-electron chi connectivity index (χ2n) is 5.42. The van der Waals surface area contributed by atoms with Crippen LogP contribution in [0.25, 0.3) is 5.65 Å². The molecule has 0 aliphatic rings. The highest BCUT2D eigenvalue weighted by molar-refractivity contribution is 5.55. The third-order valence-corrected chi connectivity index (χ3v) is 3.41. The Morgan fingerprint density at radius 3 is 2.70 bits per heavy atom. The molecule has 0 saturated carbocycles. The first-order chi connectivity index (χ1) is 9.63. The lowest BCUT2D eigenvalue weighted by molar-refractivity contribution is 0.401. The fraction of sp³-hybridized carbons (Fsp3) is 0.533. The number of nitrogens with zero attached hydrogens (tertiary/aromatic N) is 4. The largest absolute Gasteiger partial charge is 0.358 e. The molecule has 5 nitrogen and oxygen atoms in total. The molecule has 0 amide bonds. The molecule has 0 fully saturated rings. The fourth-order valence-electron chi connectivity index (χ4n) is 2.40. The topological polar surface area (TPSA) is 35.8 Å². The van der Waals surface area contributed by atoms with E-state index >= 15 is 0 Å². The summed E-state index contributed by atoms with van der Waals surface area (Å²) in [6, 6.07) is 6.13. The number of aromatic nitrogens is 2. The highest BCUT2D eigenvalue weighted by atomic mass is 15.2. The van der Waals surface area contributed by atoms with Crippen LogP contribution in [0.1, 0.15) is 12.1 Å². The van der Waals surface area contributed by atoms with Crippen molar-refractivity contribution in [3.63, 3.8) is 0 Å². The molecule has 20 heavy (non-hydrogen) atoms. The van der Waals surface area contributed by atoms with E-state index in [0.717, 1.165) is 37.5 Å². The summed E-state index contributed by atoms with van der Waals surface area (Å²) in [5, 5.41) is 3.24. The predicted octanol–water partition coefficient (Wildman–Crippen LogP) is 1.44. The highest BCUT2D eigenvalue weighted by Gasteiger charge is 2.14. The van der Waals surface area contributed by atoms with Gasteiger partial charge in [0.15, 0.2) is 5.82 Å². The van der Waals surface area contributed by atoms with Crippen molar-refractivity contribution in [2.75, 3.05) is 46.2 Å². The molecule has 2 heterocycles. The van der Waals surface area contributed by atoms with E-state index < -0.39 is 0 Å². The molecule has 0 bridgehead atoms. The van der Waals surface area contributed by atoms with Crippen LogP contribution in [0.15, 0.2) is 24.4 Å². The van der Waals surface area contributed by atoms with Crippen molar-refractivity contribution < 1.29 is 0 Å². The van der Waals surface area contributed by atoms with Gasteiger partial charge in [-0.3, -0.25) is 0 Å². The van der Waals surface area contributed by atoms with Gasteiger partial charge in [0, 0.05) is 26.3 Å². The van der Waals surface area contributed by atoms with Crippen LogP contribution in [-0.4, -0.2) is 55.6 Å². The van der Waals surface area contributed by atoms with Gasteiger partial charge in [-0.1, -0.05) is 6.07 Å². The van der Waals surface area contributed by atoms with Crippen molar-refractivity contribution in [2.45, 2.75) is 13.0 Å². The van der Waals surface area contributed by atoms with Crippen LogP contribution in [0, 0.1) is 0 Å². The van der Waals surface area contributed by atoms with Gasteiger partial charge in [-0.05, 0) is 46.2 Å². The van der Waals surface area contributed by atoms with E-state index in [0.29, 0.717) is 0 Å². The Labute approximate surface area is 121 Å². The molecule has 2 aromatic rings. The first-order valence-electron chi connectivity index (χ1n) is 7.10. The zero-order chi connectivity index (χ0) is 14.5. The van der Waals surface area contributed by atoms with Gasteiger partial charge >= 0.3 is 0 Å². The summed E-state index contributed by atoms with van der Waals surface area (Å²) in [5.74, 6) is 1.07. The van der Waals surface area contributed by atoms with Crippen LogP contribution < -0.4 is 10.2 Å². The van der Waals surface area contributed by atoms with E-state index in [1.807, 2.05) is 19.2 Å². The molecule has 1 N–H and O–H groups in total. The van der Waals surface area contributed by atoms with Crippen molar-refractivity contribution >= 4 is 11.5 Å². The van der Waals surface area contributed by atoms with Crippen molar-refractivity contribution in [1.82, 2.24) is 19.6 Å².